The molecule has 1 atom stereocenters. The zero-order valence-corrected chi connectivity index (χ0v) is 11.3. The molecular formula is C10H17ClO2S2. The molecule has 0 unspecified atom stereocenters. The molecule has 1 aliphatic rings. The van der Waals surface area contributed by atoms with Gasteiger partial charge in [0.15, 0.2) is 5.78 Å². The zero-order chi connectivity index (χ0) is 11.3. The molecule has 88 valence electrons. The predicted octanol–water partition coefficient (Wildman–Crippen LogP) is 2.52. The summed E-state index contributed by atoms with van der Waals surface area (Å²) in [7, 11) is 0. The Bertz CT molecular complexity index is 213. The van der Waals surface area contributed by atoms with Gasteiger partial charge in [-0.15, -0.1) is 35.1 Å². The maximum absolute atomic E-state index is 11.8. The molecule has 1 aliphatic heterocycles. The minimum atomic E-state index is -1.31. The fourth-order valence-corrected chi connectivity index (χ4v) is 4.53. The second-order valence-electron chi connectivity index (χ2n) is 3.67. The van der Waals surface area contributed by atoms with E-state index in [2.05, 4.69) is 0 Å². The van der Waals surface area contributed by atoms with E-state index in [0.29, 0.717) is 17.4 Å². The lowest BCUT2D eigenvalue weighted by atomic mass is 9.96. The van der Waals surface area contributed by atoms with Crippen LogP contribution in [0.4, 0.5) is 0 Å². The molecule has 1 rings (SSSR count). The first kappa shape index (κ1) is 13.7. The summed E-state index contributed by atoms with van der Waals surface area (Å²) in [4.78, 5) is 11.8. The normalized spacial score (nSPS) is 22.3. The van der Waals surface area contributed by atoms with Crippen molar-refractivity contribution >= 4 is 40.9 Å². The van der Waals surface area contributed by atoms with Crippen LogP contribution < -0.4 is 0 Å². The Hall–Kier alpha value is 0.620. The second-order valence-corrected chi connectivity index (χ2v) is 6.86. The van der Waals surface area contributed by atoms with E-state index in [9.17, 15) is 9.90 Å². The molecule has 5 heteroatoms. The Morgan fingerprint density at radius 2 is 2.13 bits per heavy atom. The van der Waals surface area contributed by atoms with E-state index in [0.717, 1.165) is 11.5 Å². The number of hydrogen-bond donors (Lipinski definition) is 1. The van der Waals surface area contributed by atoms with Crippen molar-refractivity contribution in [3.8, 4) is 0 Å². The van der Waals surface area contributed by atoms with Crippen LogP contribution in [0, 0.1) is 0 Å². The summed E-state index contributed by atoms with van der Waals surface area (Å²) in [5.74, 6) is 2.14. The van der Waals surface area contributed by atoms with E-state index in [1.807, 2.05) is 23.5 Å². The van der Waals surface area contributed by atoms with E-state index in [4.69, 9.17) is 11.6 Å². The number of halogens is 1. The number of ketones is 1. The number of carbonyl (C=O) groups excluding carboxylic acids is 1. The minimum Gasteiger partial charge on any atom is -0.381 e. The molecule has 0 aliphatic carbocycles. The summed E-state index contributed by atoms with van der Waals surface area (Å²) >= 11 is 9.27. The first-order chi connectivity index (χ1) is 7.12. The van der Waals surface area contributed by atoms with Crippen molar-refractivity contribution in [1.82, 2.24) is 0 Å². The number of hydrogen-bond acceptors (Lipinski definition) is 4. The maximum atomic E-state index is 11.8. The van der Waals surface area contributed by atoms with Gasteiger partial charge in [-0.3, -0.25) is 4.79 Å². The van der Waals surface area contributed by atoms with Gasteiger partial charge in [-0.1, -0.05) is 6.92 Å². The Kier molecular flexibility index (Phi) is 5.82. The molecule has 0 amide bonds. The molecule has 0 spiro atoms. The van der Waals surface area contributed by atoms with Gasteiger partial charge in [0, 0.05) is 6.42 Å². The average Bonchev–Trinajstić information content (AvgIpc) is 2.29. The van der Waals surface area contributed by atoms with Crippen molar-refractivity contribution in [1.29, 1.82) is 0 Å². The first-order valence-corrected chi connectivity index (χ1v) is 7.80. The Morgan fingerprint density at radius 1 is 1.53 bits per heavy atom. The predicted molar refractivity (Wildman–Crippen MR) is 68.9 cm³/mol. The molecule has 0 radical (unpaired) electrons. The molecule has 1 saturated heterocycles. The van der Waals surface area contributed by atoms with Crippen LogP contribution in [0.5, 0.6) is 0 Å². The van der Waals surface area contributed by atoms with Crippen LogP contribution >= 0.6 is 35.1 Å². The fourth-order valence-electron chi connectivity index (χ4n) is 1.36. The fraction of sp³-hybridized carbons (Fsp3) is 0.900. The number of carbonyl (C=O) groups is 1. The van der Waals surface area contributed by atoms with E-state index in [-0.39, 0.29) is 11.7 Å². The highest BCUT2D eigenvalue weighted by atomic mass is 35.5. The van der Waals surface area contributed by atoms with Gasteiger partial charge in [-0.25, -0.2) is 0 Å². The molecule has 0 aromatic heterocycles. The van der Waals surface area contributed by atoms with Gasteiger partial charge < -0.3 is 5.11 Å². The van der Waals surface area contributed by atoms with Crippen LogP contribution in [0.15, 0.2) is 0 Å². The van der Waals surface area contributed by atoms with Crippen molar-refractivity contribution in [2.24, 2.45) is 0 Å². The number of aliphatic hydroxyl groups is 1. The molecular weight excluding hydrogens is 252 g/mol. The lowest BCUT2D eigenvalue weighted by molar-refractivity contribution is -0.135. The highest BCUT2D eigenvalue weighted by Gasteiger charge is 2.34. The highest BCUT2D eigenvalue weighted by molar-refractivity contribution is 8.17. The van der Waals surface area contributed by atoms with Crippen molar-refractivity contribution in [2.75, 3.05) is 17.4 Å². The summed E-state index contributed by atoms with van der Waals surface area (Å²) in [6.45, 7) is 1.79. The van der Waals surface area contributed by atoms with Crippen LogP contribution in [0.2, 0.25) is 0 Å². The SMILES string of the molecule is CC[C@](O)(CCl)C(=O)CC1SCCCS1. The topological polar surface area (TPSA) is 37.3 Å². The molecule has 1 N–H and O–H groups in total. The summed E-state index contributed by atoms with van der Waals surface area (Å²) in [6.07, 6.45) is 2.05. The maximum Gasteiger partial charge on any atom is 0.167 e. The molecule has 0 aromatic carbocycles. The Balaban J connectivity index is 2.45. The molecule has 0 saturated carbocycles. The third-order valence-corrected chi connectivity index (χ3v) is 5.96. The number of alkyl halides is 1. The minimum absolute atomic E-state index is 0.00435. The summed E-state index contributed by atoms with van der Waals surface area (Å²) in [5, 5.41) is 9.93. The van der Waals surface area contributed by atoms with Crippen molar-refractivity contribution in [3.63, 3.8) is 0 Å². The number of Topliss-reactive ketones (excluding diaryl/α,β-unsaturated/α-hetero) is 1. The molecule has 15 heavy (non-hydrogen) atoms. The molecule has 0 bridgehead atoms. The highest BCUT2D eigenvalue weighted by Crippen LogP contribution is 2.34. The van der Waals surface area contributed by atoms with Gasteiger partial charge in [-0.2, -0.15) is 0 Å². The van der Waals surface area contributed by atoms with E-state index in [1.54, 1.807) is 6.92 Å². The average molecular weight is 269 g/mol. The van der Waals surface area contributed by atoms with Crippen molar-refractivity contribution in [3.05, 3.63) is 0 Å². The van der Waals surface area contributed by atoms with Gasteiger partial charge in [0.25, 0.3) is 0 Å². The van der Waals surface area contributed by atoms with Crippen molar-refractivity contribution < 1.29 is 9.90 Å². The number of rotatable bonds is 5. The summed E-state index contributed by atoms with van der Waals surface area (Å²) in [5.41, 5.74) is -1.31. The Morgan fingerprint density at radius 3 is 2.60 bits per heavy atom. The lowest BCUT2D eigenvalue weighted by Crippen LogP contribution is -2.41. The van der Waals surface area contributed by atoms with Gasteiger partial charge >= 0.3 is 0 Å². The largest absolute Gasteiger partial charge is 0.381 e. The van der Waals surface area contributed by atoms with E-state index in [1.165, 1.54) is 6.42 Å². The monoisotopic (exact) mass is 268 g/mol. The smallest absolute Gasteiger partial charge is 0.167 e. The third kappa shape index (κ3) is 3.84. The van der Waals surface area contributed by atoms with Gasteiger partial charge in [-0.05, 0) is 24.3 Å². The lowest BCUT2D eigenvalue weighted by Gasteiger charge is -2.26. The van der Waals surface area contributed by atoms with Crippen LogP contribution in [0.25, 0.3) is 0 Å². The van der Waals surface area contributed by atoms with Crippen LogP contribution in [-0.2, 0) is 4.79 Å². The third-order valence-electron chi connectivity index (χ3n) is 2.57. The van der Waals surface area contributed by atoms with Crippen LogP contribution in [0.1, 0.15) is 26.2 Å². The standard InChI is InChI=1S/C10H17ClO2S2/c1-2-10(13,7-11)8(12)6-9-14-4-3-5-15-9/h9,13H,2-7H2,1H3/t10-/m0/s1. The van der Waals surface area contributed by atoms with Gasteiger partial charge in [0.1, 0.15) is 5.60 Å². The van der Waals surface area contributed by atoms with Crippen molar-refractivity contribution in [2.45, 2.75) is 36.4 Å². The quantitative estimate of drug-likeness (QED) is 0.778. The van der Waals surface area contributed by atoms with Crippen LogP contribution in [0.3, 0.4) is 0 Å². The van der Waals surface area contributed by atoms with Gasteiger partial charge in [0.2, 0.25) is 0 Å². The Labute approximate surface area is 105 Å². The molecule has 1 heterocycles. The molecule has 2 nitrogen and oxygen atoms in total. The molecule has 1 fully saturated rings. The zero-order valence-electron chi connectivity index (χ0n) is 8.87. The van der Waals surface area contributed by atoms with Crippen LogP contribution in [-0.4, -0.2) is 38.5 Å². The van der Waals surface area contributed by atoms with E-state index < -0.39 is 5.60 Å². The number of thioether (sulfide) groups is 2. The van der Waals surface area contributed by atoms with Gasteiger partial charge in [0.05, 0.1) is 10.5 Å². The second kappa shape index (κ2) is 6.38. The van der Waals surface area contributed by atoms with E-state index >= 15 is 0 Å². The first-order valence-electron chi connectivity index (χ1n) is 5.17. The molecule has 0 aromatic rings. The summed E-state index contributed by atoms with van der Waals surface area (Å²) < 4.78 is 0.313. The summed E-state index contributed by atoms with van der Waals surface area (Å²) in [6, 6.07) is 0.